The Morgan fingerprint density at radius 2 is 1.63 bits per heavy atom. The van der Waals surface area contributed by atoms with E-state index in [9.17, 15) is 14.8 Å². The van der Waals surface area contributed by atoms with Crippen molar-refractivity contribution in [2.45, 2.75) is 29.1 Å². The highest BCUT2D eigenvalue weighted by atomic mass is 32.2. The summed E-state index contributed by atoms with van der Waals surface area (Å²) in [4.78, 5) is 34.0. The van der Waals surface area contributed by atoms with E-state index in [2.05, 4.69) is 80.0 Å². The highest BCUT2D eigenvalue weighted by molar-refractivity contribution is 7.99. The summed E-state index contributed by atoms with van der Waals surface area (Å²) >= 11 is 1.82. The Morgan fingerprint density at radius 3 is 2.32 bits per heavy atom. The molecule has 12 heteroatoms. The van der Waals surface area contributed by atoms with Gasteiger partial charge in [0.1, 0.15) is 0 Å². The molecule has 0 aliphatic carbocycles. The van der Waals surface area contributed by atoms with Crippen LogP contribution in [0.3, 0.4) is 0 Å². The average Bonchev–Trinajstić information content (AvgIpc) is 3.42. The van der Waals surface area contributed by atoms with Crippen LogP contribution in [0.1, 0.15) is 19.3 Å². The number of rotatable bonds is 10. The highest BCUT2D eigenvalue weighted by Crippen LogP contribution is 2.47. The summed E-state index contributed by atoms with van der Waals surface area (Å²) in [5.41, 5.74) is 2.52. The maximum absolute atomic E-state index is 12.6. The molecule has 2 aliphatic heterocycles. The third-order valence-electron chi connectivity index (χ3n) is 6.81. The molecule has 1 amide bonds. The van der Waals surface area contributed by atoms with Crippen LogP contribution in [-0.2, 0) is 14.3 Å². The summed E-state index contributed by atoms with van der Waals surface area (Å²) in [6.45, 7) is 4.70. The lowest BCUT2D eigenvalue weighted by atomic mass is 10.2. The first-order valence-electron chi connectivity index (χ1n) is 13.5. The Hall–Kier alpha value is -4.21. The number of nitrogens with zero attached hydrogens (tertiary/aromatic N) is 5. The maximum Gasteiger partial charge on any atom is 0.395 e. The van der Waals surface area contributed by atoms with Crippen molar-refractivity contribution in [1.82, 2.24) is 15.0 Å². The van der Waals surface area contributed by atoms with Crippen molar-refractivity contribution in [1.29, 1.82) is 0 Å². The van der Waals surface area contributed by atoms with Gasteiger partial charge in [-0.15, -0.1) is 0 Å². The van der Waals surface area contributed by atoms with Crippen LogP contribution < -0.4 is 14.5 Å². The fraction of sp³-hybridized carbons (Fsp3) is 0.379. The molecule has 1 saturated heterocycles. The molecule has 11 nitrogen and oxygen atoms in total. The number of fused-ring (bicyclic) bond motifs is 2. The molecule has 3 aromatic rings. The van der Waals surface area contributed by atoms with E-state index in [0.717, 1.165) is 38.8 Å². The molecular formula is C29H31N5O6S. The predicted octanol–water partition coefficient (Wildman–Crippen LogP) is 2.85. The first-order valence-corrected chi connectivity index (χ1v) is 14.3. The van der Waals surface area contributed by atoms with Crippen molar-refractivity contribution in [3.63, 3.8) is 0 Å². The lowest BCUT2D eigenvalue weighted by Gasteiger charge is -2.36. The predicted molar refractivity (Wildman–Crippen MR) is 151 cm³/mol. The van der Waals surface area contributed by atoms with Crippen LogP contribution in [0.5, 0.6) is 5.88 Å². The lowest BCUT2D eigenvalue weighted by molar-refractivity contribution is -0.802. The molecule has 0 atom stereocenters. The van der Waals surface area contributed by atoms with E-state index in [1.807, 2.05) is 16.7 Å². The maximum atomic E-state index is 12.6. The number of ether oxygens (including phenoxy) is 2. The van der Waals surface area contributed by atoms with Crippen LogP contribution >= 0.6 is 11.8 Å². The van der Waals surface area contributed by atoms with Crippen LogP contribution in [0.4, 0.5) is 11.4 Å². The SMILES string of the molecule is O=C(CCC(=O)N1CCN(CCCN2c3ccccc3Sc3ccccc32)CC1)OCC#CCOc1c[n+]([O-])on1. The van der Waals surface area contributed by atoms with E-state index in [1.54, 1.807) is 0 Å². The normalized spacial score (nSPS) is 14.4. The molecule has 0 bridgehead atoms. The van der Waals surface area contributed by atoms with Gasteiger partial charge in [0, 0.05) is 48.9 Å². The summed E-state index contributed by atoms with van der Waals surface area (Å²) in [6.07, 6.45) is 2.16. The molecule has 2 aliphatic rings. The van der Waals surface area contributed by atoms with Gasteiger partial charge < -0.3 is 24.5 Å². The molecule has 0 N–H and O–H groups in total. The largest absolute Gasteiger partial charge is 0.452 e. The van der Waals surface area contributed by atoms with Crippen LogP contribution in [0.15, 0.2) is 69.1 Å². The molecule has 1 aromatic heterocycles. The van der Waals surface area contributed by atoms with Gasteiger partial charge in [0.05, 0.1) is 23.0 Å². The molecule has 41 heavy (non-hydrogen) atoms. The Labute approximate surface area is 242 Å². The zero-order valence-corrected chi connectivity index (χ0v) is 23.4. The number of piperazine rings is 1. The van der Waals surface area contributed by atoms with E-state index in [4.69, 9.17) is 9.47 Å². The van der Waals surface area contributed by atoms with Gasteiger partial charge in [-0.2, -0.15) is 0 Å². The zero-order chi connectivity index (χ0) is 28.4. The molecule has 0 spiro atoms. The summed E-state index contributed by atoms with van der Waals surface area (Å²) < 4.78 is 14.4. The Kier molecular flexibility index (Phi) is 9.61. The second kappa shape index (κ2) is 13.9. The minimum Gasteiger partial charge on any atom is -0.452 e. The summed E-state index contributed by atoms with van der Waals surface area (Å²) in [5, 5.41) is 14.1. The van der Waals surface area contributed by atoms with Crippen LogP contribution in [0.2, 0.25) is 0 Å². The summed E-state index contributed by atoms with van der Waals surface area (Å²) in [6, 6.07) is 17.1. The number of anilines is 2. The number of esters is 1. The van der Waals surface area contributed by atoms with Crippen molar-refractivity contribution in [2.75, 3.05) is 57.4 Å². The average molecular weight is 578 g/mol. The minimum atomic E-state index is -0.477. The van der Waals surface area contributed by atoms with E-state index in [0.29, 0.717) is 13.1 Å². The van der Waals surface area contributed by atoms with Gasteiger partial charge in [-0.05, 0) is 42.1 Å². The van der Waals surface area contributed by atoms with Crippen molar-refractivity contribution in [3.05, 3.63) is 59.9 Å². The number of carbonyl (C=O) groups is 2. The van der Waals surface area contributed by atoms with Crippen molar-refractivity contribution in [2.24, 2.45) is 0 Å². The smallest absolute Gasteiger partial charge is 0.395 e. The highest BCUT2D eigenvalue weighted by Gasteiger charge is 2.24. The van der Waals surface area contributed by atoms with E-state index >= 15 is 0 Å². The number of carbonyl (C=O) groups excluding carboxylic acids is 2. The van der Waals surface area contributed by atoms with Crippen molar-refractivity contribution in [3.8, 4) is 17.7 Å². The first-order chi connectivity index (χ1) is 20.1. The van der Waals surface area contributed by atoms with Gasteiger partial charge in [-0.25, -0.2) is 0 Å². The topological polar surface area (TPSA) is 115 Å². The van der Waals surface area contributed by atoms with Gasteiger partial charge >= 0.3 is 11.8 Å². The van der Waals surface area contributed by atoms with Crippen LogP contribution in [0.25, 0.3) is 0 Å². The number of aromatic nitrogens is 2. The Morgan fingerprint density at radius 1 is 0.951 bits per heavy atom. The fourth-order valence-corrected chi connectivity index (χ4v) is 5.84. The Balaban J connectivity index is 0.970. The van der Waals surface area contributed by atoms with Gasteiger partial charge in [0.2, 0.25) is 12.1 Å². The zero-order valence-electron chi connectivity index (χ0n) is 22.6. The van der Waals surface area contributed by atoms with Gasteiger partial charge in [-0.1, -0.05) is 47.9 Å². The molecule has 1 fully saturated rings. The van der Waals surface area contributed by atoms with Crippen LogP contribution in [0, 0.1) is 17.0 Å². The third-order valence-corrected chi connectivity index (χ3v) is 7.94. The molecule has 0 unspecified atom stereocenters. The quantitative estimate of drug-likeness (QED) is 0.202. The fourth-order valence-electron chi connectivity index (χ4n) is 4.74. The van der Waals surface area contributed by atoms with Gasteiger partial charge in [0.25, 0.3) is 0 Å². The minimum absolute atomic E-state index is 0.0107. The van der Waals surface area contributed by atoms with E-state index in [1.165, 1.54) is 21.2 Å². The number of benzene rings is 2. The number of amides is 1. The summed E-state index contributed by atoms with van der Waals surface area (Å²) in [7, 11) is 0. The standard InChI is InChI=1S/C29H31N5O6S/c35-28(12-13-29(36)39-21-6-5-20-38-27-22-34(37)40-30-27)32-18-16-31(17-19-32)14-7-15-33-23-8-1-3-10-25(23)41-26-11-4-2-9-24(26)33/h1-4,8-11,22H,7,12-21H2. The van der Waals surface area contributed by atoms with E-state index in [-0.39, 0.29) is 42.7 Å². The van der Waals surface area contributed by atoms with Gasteiger partial charge in [-0.3, -0.25) is 19.1 Å². The number of hydrogen-bond donors (Lipinski definition) is 0. The number of para-hydroxylation sites is 2. The van der Waals surface area contributed by atoms with Crippen molar-refractivity contribution >= 4 is 35.0 Å². The third kappa shape index (κ3) is 7.71. The molecule has 0 radical (unpaired) electrons. The molecule has 3 heterocycles. The monoisotopic (exact) mass is 577 g/mol. The molecule has 0 saturated carbocycles. The molecular weight excluding hydrogens is 546 g/mol. The Bertz CT molecular complexity index is 1370. The summed E-state index contributed by atoms with van der Waals surface area (Å²) in [5.74, 6) is 4.76. The molecule has 5 rings (SSSR count). The second-order valence-electron chi connectivity index (χ2n) is 9.49. The van der Waals surface area contributed by atoms with E-state index < -0.39 is 5.97 Å². The first kappa shape index (κ1) is 28.3. The molecule has 214 valence electrons. The lowest BCUT2D eigenvalue weighted by Crippen LogP contribution is -2.49. The van der Waals surface area contributed by atoms with Crippen molar-refractivity contribution < 1.29 is 28.6 Å². The molecule has 2 aromatic carbocycles. The second-order valence-corrected chi connectivity index (χ2v) is 10.6. The van der Waals surface area contributed by atoms with Gasteiger partial charge in [0.15, 0.2) is 13.2 Å². The number of hydrogen-bond acceptors (Lipinski definition) is 10. The van der Waals surface area contributed by atoms with Crippen LogP contribution in [-0.4, -0.2) is 79.3 Å².